The Hall–Kier alpha value is -1.02. The molecule has 0 spiro atoms. The fourth-order valence-electron chi connectivity index (χ4n) is 4.37. The van der Waals surface area contributed by atoms with E-state index < -0.39 is 0 Å². The lowest BCUT2D eigenvalue weighted by Gasteiger charge is -2.22. The molecule has 4 rings (SSSR count). The molecule has 2 fully saturated rings. The Labute approximate surface area is 134 Å². The Morgan fingerprint density at radius 2 is 1.95 bits per heavy atom. The summed E-state index contributed by atoms with van der Waals surface area (Å²) < 4.78 is 6.24. The zero-order valence-electron chi connectivity index (χ0n) is 12.2. The first-order valence-electron chi connectivity index (χ1n) is 8.04. The first-order valence-corrected chi connectivity index (χ1v) is 9.16. The topological polar surface area (TPSA) is 9.23 Å². The lowest BCUT2D eigenvalue weighted by molar-refractivity contribution is 0.194. The average molecular weight is 345 g/mol. The van der Waals surface area contributed by atoms with Crippen molar-refractivity contribution in [2.24, 2.45) is 17.8 Å². The molecule has 0 aliphatic heterocycles. The first kappa shape index (κ1) is 13.6. The Kier molecular flexibility index (Phi) is 3.66. The van der Waals surface area contributed by atoms with Crippen molar-refractivity contribution < 1.29 is 4.74 Å². The van der Waals surface area contributed by atoms with E-state index in [-0.39, 0.29) is 0 Å². The van der Waals surface area contributed by atoms with E-state index in [0.717, 1.165) is 35.4 Å². The molecule has 1 nitrogen and oxygen atoms in total. The minimum atomic E-state index is 0.790. The second-order valence-electron chi connectivity index (χ2n) is 6.64. The summed E-state index contributed by atoms with van der Waals surface area (Å²) in [7, 11) is 0. The van der Waals surface area contributed by atoms with Crippen molar-refractivity contribution in [1.82, 2.24) is 0 Å². The number of benzene rings is 2. The van der Waals surface area contributed by atoms with E-state index in [1.165, 1.54) is 42.0 Å². The van der Waals surface area contributed by atoms with E-state index in [1.54, 1.807) is 0 Å². The maximum absolute atomic E-state index is 6.24. The van der Waals surface area contributed by atoms with E-state index in [1.807, 2.05) is 0 Å². The molecular weight excluding hydrogens is 324 g/mol. The molecule has 2 aromatic carbocycles. The van der Waals surface area contributed by atoms with Gasteiger partial charge in [-0.05, 0) is 53.9 Å². The Balaban J connectivity index is 1.56. The van der Waals surface area contributed by atoms with Gasteiger partial charge >= 0.3 is 0 Å². The molecule has 0 amide bonds. The number of hydrogen-bond donors (Lipinski definition) is 0. The predicted molar refractivity (Wildman–Crippen MR) is 91.0 cm³/mol. The van der Waals surface area contributed by atoms with Gasteiger partial charge in [0.2, 0.25) is 0 Å². The van der Waals surface area contributed by atoms with Crippen LogP contribution in [0.25, 0.3) is 10.8 Å². The summed E-state index contributed by atoms with van der Waals surface area (Å²) in [4.78, 5) is 0. The number of halogens is 1. The largest absolute Gasteiger partial charge is 0.493 e. The van der Waals surface area contributed by atoms with Gasteiger partial charge < -0.3 is 4.74 Å². The van der Waals surface area contributed by atoms with E-state index in [9.17, 15) is 0 Å². The van der Waals surface area contributed by atoms with Crippen molar-refractivity contribution in [2.45, 2.75) is 31.0 Å². The predicted octanol–water partition coefficient (Wildman–Crippen LogP) is 5.55. The SMILES string of the molecule is BrCc1c(OCC2CC3CCC2C3)ccc2ccccc12. The molecule has 2 heteroatoms. The third kappa shape index (κ3) is 2.48. The van der Waals surface area contributed by atoms with Crippen LogP contribution in [0.5, 0.6) is 5.75 Å². The maximum atomic E-state index is 6.24. The summed E-state index contributed by atoms with van der Waals surface area (Å²) in [6, 6.07) is 12.9. The van der Waals surface area contributed by atoms with Crippen LogP contribution in [0.15, 0.2) is 36.4 Å². The van der Waals surface area contributed by atoms with Crippen molar-refractivity contribution >= 4 is 26.7 Å². The first-order chi connectivity index (χ1) is 10.3. The van der Waals surface area contributed by atoms with Crippen LogP contribution in [0.2, 0.25) is 0 Å². The summed E-state index contributed by atoms with van der Waals surface area (Å²) in [5.41, 5.74) is 1.29. The molecule has 0 aromatic heterocycles. The van der Waals surface area contributed by atoms with Gasteiger partial charge in [-0.3, -0.25) is 0 Å². The molecule has 2 aromatic rings. The van der Waals surface area contributed by atoms with Gasteiger partial charge in [-0.1, -0.05) is 52.7 Å². The molecule has 3 unspecified atom stereocenters. The van der Waals surface area contributed by atoms with Gasteiger partial charge in [0.15, 0.2) is 0 Å². The van der Waals surface area contributed by atoms with E-state index in [2.05, 4.69) is 52.3 Å². The number of hydrogen-bond acceptors (Lipinski definition) is 1. The van der Waals surface area contributed by atoms with Crippen LogP contribution >= 0.6 is 15.9 Å². The normalized spacial score (nSPS) is 27.4. The Bertz CT molecular complexity index is 651. The molecule has 2 aliphatic rings. The third-order valence-electron chi connectivity index (χ3n) is 5.47. The molecule has 3 atom stereocenters. The third-order valence-corrected chi connectivity index (χ3v) is 6.03. The highest BCUT2D eigenvalue weighted by atomic mass is 79.9. The number of fused-ring (bicyclic) bond motifs is 3. The molecule has 2 saturated carbocycles. The van der Waals surface area contributed by atoms with Crippen molar-refractivity contribution in [3.05, 3.63) is 42.0 Å². The maximum Gasteiger partial charge on any atom is 0.123 e. The van der Waals surface area contributed by atoms with Crippen molar-refractivity contribution in [2.75, 3.05) is 6.61 Å². The minimum absolute atomic E-state index is 0.790. The Morgan fingerprint density at radius 1 is 1.05 bits per heavy atom. The van der Waals surface area contributed by atoms with Crippen molar-refractivity contribution in [3.8, 4) is 5.75 Å². The lowest BCUT2D eigenvalue weighted by atomic mass is 9.89. The average Bonchev–Trinajstić information content (AvgIpc) is 3.15. The van der Waals surface area contributed by atoms with E-state index in [4.69, 9.17) is 4.74 Å². The standard InChI is InChI=1S/C19H21BrO/c20-11-18-17-4-2-1-3-14(17)7-8-19(18)21-12-16-10-13-5-6-15(16)9-13/h1-4,7-8,13,15-16H,5-6,9-12H2. The molecule has 0 N–H and O–H groups in total. The molecule has 0 saturated heterocycles. The molecule has 2 bridgehead atoms. The number of rotatable bonds is 4. The number of alkyl halides is 1. The van der Waals surface area contributed by atoms with Crippen LogP contribution < -0.4 is 4.74 Å². The van der Waals surface area contributed by atoms with Crippen LogP contribution in [0.4, 0.5) is 0 Å². The van der Waals surface area contributed by atoms with Gasteiger partial charge in [0, 0.05) is 10.9 Å². The quantitative estimate of drug-likeness (QED) is 0.660. The van der Waals surface area contributed by atoms with Gasteiger partial charge in [0.25, 0.3) is 0 Å². The summed E-state index contributed by atoms with van der Waals surface area (Å²) in [6.45, 7) is 0.902. The van der Waals surface area contributed by atoms with Crippen LogP contribution in [0, 0.1) is 17.8 Å². The second kappa shape index (κ2) is 5.64. The van der Waals surface area contributed by atoms with E-state index >= 15 is 0 Å². The molecule has 110 valence electrons. The molecule has 0 radical (unpaired) electrons. The molecule has 0 heterocycles. The zero-order chi connectivity index (χ0) is 14.2. The summed E-state index contributed by atoms with van der Waals surface area (Å²) >= 11 is 3.64. The van der Waals surface area contributed by atoms with Gasteiger partial charge in [-0.25, -0.2) is 0 Å². The highest BCUT2D eigenvalue weighted by molar-refractivity contribution is 9.08. The van der Waals surface area contributed by atoms with Crippen molar-refractivity contribution in [1.29, 1.82) is 0 Å². The fraction of sp³-hybridized carbons (Fsp3) is 0.474. The number of ether oxygens (including phenoxy) is 1. The molecule has 21 heavy (non-hydrogen) atoms. The lowest BCUT2D eigenvalue weighted by Crippen LogP contribution is -2.18. The van der Waals surface area contributed by atoms with Gasteiger partial charge in [0.1, 0.15) is 5.75 Å². The van der Waals surface area contributed by atoms with Crippen LogP contribution in [-0.4, -0.2) is 6.61 Å². The smallest absolute Gasteiger partial charge is 0.123 e. The Morgan fingerprint density at radius 3 is 2.71 bits per heavy atom. The van der Waals surface area contributed by atoms with E-state index in [0.29, 0.717) is 0 Å². The van der Waals surface area contributed by atoms with Gasteiger partial charge in [0.05, 0.1) is 6.61 Å². The van der Waals surface area contributed by atoms with Crippen LogP contribution in [-0.2, 0) is 5.33 Å². The second-order valence-corrected chi connectivity index (χ2v) is 7.20. The summed E-state index contributed by atoms with van der Waals surface area (Å²) in [5, 5.41) is 3.44. The minimum Gasteiger partial charge on any atom is -0.493 e. The fourth-order valence-corrected chi connectivity index (χ4v) is 4.94. The van der Waals surface area contributed by atoms with Crippen LogP contribution in [0.3, 0.4) is 0 Å². The van der Waals surface area contributed by atoms with Crippen LogP contribution in [0.1, 0.15) is 31.2 Å². The molecular formula is C19H21BrO. The summed E-state index contributed by atoms with van der Waals surface area (Å²) in [6.07, 6.45) is 5.74. The van der Waals surface area contributed by atoms with Crippen molar-refractivity contribution in [3.63, 3.8) is 0 Å². The van der Waals surface area contributed by atoms with Gasteiger partial charge in [-0.2, -0.15) is 0 Å². The highest BCUT2D eigenvalue weighted by Gasteiger charge is 2.39. The molecule has 2 aliphatic carbocycles. The zero-order valence-corrected chi connectivity index (χ0v) is 13.8. The van der Waals surface area contributed by atoms with Gasteiger partial charge in [-0.15, -0.1) is 0 Å². The monoisotopic (exact) mass is 344 g/mol. The summed E-state index contributed by atoms with van der Waals surface area (Å²) in [5.74, 6) is 3.78. The highest BCUT2D eigenvalue weighted by Crippen LogP contribution is 2.48.